The van der Waals surface area contributed by atoms with Crippen LogP contribution in [0.3, 0.4) is 0 Å². The number of pyridine rings is 2. The summed E-state index contributed by atoms with van der Waals surface area (Å²) in [6, 6.07) is 6.92. The lowest BCUT2D eigenvalue weighted by Crippen LogP contribution is -2.00. The predicted octanol–water partition coefficient (Wildman–Crippen LogP) is 3.20. The standard InChI is InChI=1S/C17H12ClN7O/c18-11-3-2-10(26-11)14-13(9-1-4-12(23-7-9)24-8-19)15-16(17(20)25-14)22-6-5-21-15/h1-8H,(H2,20,25)(H2,19,23,24). The van der Waals surface area contributed by atoms with Crippen LogP contribution in [0, 0.1) is 0 Å². The second-order valence-electron chi connectivity index (χ2n) is 5.26. The van der Waals surface area contributed by atoms with Gasteiger partial charge in [-0.15, -0.1) is 0 Å². The molecule has 0 spiro atoms. The molecule has 4 N–H and O–H groups in total. The molecule has 0 aliphatic rings. The Bertz CT molecular complexity index is 1120. The lowest BCUT2D eigenvalue weighted by atomic mass is 10.0. The van der Waals surface area contributed by atoms with E-state index < -0.39 is 0 Å². The molecule has 0 aliphatic carbocycles. The zero-order chi connectivity index (χ0) is 18.1. The van der Waals surface area contributed by atoms with Crippen molar-refractivity contribution in [3.05, 3.63) is 48.1 Å². The number of rotatable bonds is 3. The molecular weight excluding hydrogens is 354 g/mol. The van der Waals surface area contributed by atoms with Gasteiger partial charge in [-0.1, -0.05) is 0 Å². The molecule has 0 aromatic carbocycles. The van der Waals surface area contributed by atoms with Crippen LogP contribution in [-0.2, 0) is 0 Å². The van der Waals surface area contributed by atoms with Crippen molar-refractivity contribution in [1.29, 1.82) is 0 Å². The highest BCUT2D eigenvalue weighted by Crippen LogP contribution is 2.38. The number of nitrogens with zero attached hydrogens (tertiary/aromatic N) is 5. The van der Waals surface area contributed by atoms with Crippen LogP contribution in [0.15, 0.2) is 52.3 Å². The van der Waals surface area contributed by atoms with E-state index in [0.29, 0.717) is 33.9 Å². The van der Waals surface area contributed by atoms with Gasteiger partial charge in [-0.3, -0.25) is 4.98 Å². The summed E-state index contributed by atoms with van der Waals surface area (Å²) < 4.78 is 5.54. The van der Waals surface area contributed by atoms with Gasteiger partial charge in [0.25, 0.3) is 0 Å². The maximum absolute atomic E-state index is 6.07. The van der Waals surface area contributed by atoms with Gasteiger partial charge in [-0.2, -0.15) is 0 Å². The highest BCUT2D eigenvalue weighted by Gasteiger charge is 2.20. The van der Waals surface area contributed by atoms with Gasteiger partial charge in [0, 0.05) is 29.7 Å². The Morgan fingerprint density at radius 3 is 2.50 bits per heavy atom. The molecule has 4 aromatic rings. The first kappa shape index (κ1) is 16.0. The highest BCUT2D eigenvalue weighted by molar-refractivity contribution is 6.29. The minimum atomic E-state index is 0.247. The molecule has 0 radical (unpaired) electrons. The molecule has 0 atom stereocenters. The van der Waals surface area contributed by atoms with Crippen molar-refractivity contribution < 1.29 is 4.42 Å². The Kier molecular flexibility index (Phi) is 3.94. The van der Waals surface area contributed by atoms with E-state index in [1.165, 1.54) is 6.34 Å². The van der Waals surface area contributed by atoms with E-state index in [1.807, 2.05) is 6.07 Å². The summed E-state index contributed by atoms with van der Waals surface area (Å²) in [5.74, 6) is 1.20. The third-order valence-corrected chi connectivity index (χ3v) is 3.90. The number of hydrogen-bond donors (Lipinski definition) is 2. The molecule has 0 bridgehead atoms. The summed E-state index contributed by atoms with van der Waals surface area (Å²) in [5, 5.41) is 0.247. The van der Waals surface area contributed by atoms with E-state index in [2.05, 4.69) is 24.9 Å². The minimum Gasteiger partial charge on any atom is -0.443 e. The number of aromatic nitrogens is 4. The van der Waals surface area contributed by atoms with Crippen molar-refractivity contribution in [3.8, 4) is 22.6 Å². The number of aliphatic imine (C=N–C) groups is 1. The van der Waals surface area contributed by atoms with Crippen molar-refractivity contribution in [2.45, 2.75) is 0 Å². The fraction of sp³-hybridized carbons (Fsp3) is 0. The van der Waals surface area contributed by atoms with E-state index in [0.717, 1.165) is 5.56 Å². The molecule has 8 nitrogen and oxygen atoms in total. The van der Waals surface area contributed by atoms with Crippen LogP contribution in [0.1, 0.15) is 0 Å². The fourth-order valence-electron chi connectivity index (χ4n) is 2.63. The van der Waals surface area contributed by atoms with Crippen LogP contribution in [0.25, 0.3) is 33.6 Å². The van der Waals surface area contributed by atoms with E-state index in [-0.39, 0.29) is 11.0 Å². The van der Waals surface area contributed by atoms with Gasteiger partial charge in [0.15, 0.2) is 22.6 Å². The average Bonchev–Trinajstić information content (AvgIpc) is 3.09. The first-order valence-corrected chi connectivity index (χ1v) is 7.92. The Balaban J connectivity index is 2.03. The van der Waals surface area contributed by atoms with Crippen LogP contribution in [0.5, 0.6) is 0 Å². The Labute approximate surface area is 152 Å². The topological polar surface area (TPSA) is 129 Å². The quantitative estimate of drug-likeness (QED) is 0.421. The molecular formula is C17H12ClN7O. The molecule has 0 saturated heterocycles. The number of nitrogen functional groups attached to an aromatic ring is 1. The number of anilines is 1. The van der Waals surface area contributed by atoms with Gasteiger partial charge in [-0.05, 0) is 35.9 Å². The lowest BCUT2D eigenvalue weighted by Gasteiger charge is -2.11. The SMILES string of the molecule is NC=Nc1ccc(-c2c(-c3ccc(Cl)o3)nc(N)c3nccnc23)cn1. The maximum atomic E-state index is 6.07. The Hall–Kier alpha value is -3.52. The van der Waals surface area contributed by atoms with Gasteiger partial charge in [0.1, 0.15) is 16.7 Å². The molecule has 9 heteroatoms. The Morgan fingerprint density at radius 2 is 1.85 bits per heavy atom. The zero-order valence-electron chi connectivity index (χ0n) is 13.3. The van der Waals surface area contributed by atoms with Crippen LogP contribution in [0.4, 0.5) is 11.6 Å². The first-order chi connectivity index (χ1) is 12.7. The van der Waals surface area contributed by atoms with Crippen molar-refractivity contribution in [2.24, 2.45) is 10.7 Å². The van der Waals surface area contributed by atoms with Crippen molar-refractivity contribution in [1.82, 2.24) is 19.9 Å². The summed E-state index contributed by atoms with van der Waals surface area (Å²) in [5.41, 5.74) is 14.4. The molecule has 0 aliphatic heterocycles. The number of halogens is 1. The van der Waals surface area contributed by atoms with Gasteiger partial charge in [0.05, 0.1) is 6.34 Å². The largest absolute Gasteiger partial charge is 0.443 e. The molecule has 26 heavy (non-hydrogen) atoms. The molecule has 0 unspecified atom stereocenters. The van der Waals surface area contributed by atoms with Gasteiger partial charge in [-0.25, -0.2) is 19.9 Å². The number of furan rings is 1. The molecule has 0 fully saturated rings. The fourth-order valence-corrected chi connectivity index (χ4v) is 2.78. The smallest absolute Gasteiger partial charge is 0.194 e. The average molecular weight is 366 g/mol. The normalized spacial score (nSPS) is 11.4. The zero-order valence-corrected chi connectivity index (χ0v) is 14.1. The van der Waals surface area contributed by atoms with Gasteiger partial charge in [0.2, 0.25) is 0 Å². The summed E-state index contributed by atoms with van der Waals surface area (Å²) in [6.07, 6.45) is 5.98. The van der Waals surface area contributed by atoms with E-state index in [1.54, 1.807) is 36.8 Å². The molecule has 4 aromatic heterocycles. The van der Waals surface area contributed by atoms with E-state index in [4.69, 9.17) is 27.5 Å². The summed E-state index contributed by atoms with van der Waals surface area (Å²) in [6.45, 7) is 0. The first-order valence-electron chi connectivity index (χ1n) is 7.54. The van der Waals surface area contributed by atoms with E-state index >= 15 is 0 Å². The van der Waals surface area contributed by atoms with Crippen molar-refractivity contribution >= 4 is 40.6 Å². The lowest BCUT2D eigenvalue weighted by molar-refractivity contribution is 0.582. The van der Waals surface area contributed by atoms with Crippen LogP contribution < -0.4 is 11.5 Å². The number of nitrogens with two attached hydrogens (primary N) is 2. The molecule has 4 rings (SSSR count). The number of hydrogen-bond acceptors (Lipinski definition) is 7. The van der Waals surface area contributed by atoms with Crippen molar-refractivity contribution in [3.63, 3.8) is 0 Å². The van der Waals surface area contributed by atoms with Gasteiger partial charge >= 0.3 is 0 Å². The minimum absolute atomic E-state index is 0.247. The maximum Gasteiger partial charge on any atom is 0.194 e. The molecule has 0 amide bonds. The monoisotopic (exact) mass is 365 g/mol. The third kappa shape index (κ3) is 2.72. The molecule has 4 heterocycles. The highest BCUT2D eigenvalue weighted by atomic mass is 35.5. The van der Waals surface area contributed by atoms with Crippen LogP contribution >= 0.6 is 11.6 Å². The van der Waals surface area contributed by atoms with E-state index in [9.17, 15) is 0 Å². The molecule has 0 saturated carbocycles. The Morgan fingerprint density at radius 1 is 1.04 bits per heavy atom. The summed E-state index contributed by atoms with van der Waals surface area (Å²) in [4.78, 5) is 21.4. The molecule has 128 valence electrons. The summed E-state index contributed by atoms with van der Waals surface area (Å²) in [7, 11) is 0. The second kappa shape index (κ2) is 6.41. The predicted molar refractivity (Wildman–Crippen MR) is 100 cm³/mol. The second-order valence-corrected chi connectivity index (χ2v) is 5.63. The van der Waals surface area contributed by atoms with Gasteiger partial charge < -0.3 is 15.9 Å². The number of fused-ring (bicyclic) bond motifs is 1. The van der Waals surface area contributed by atoms with Crippen molar-refractivity contribution in [2.75, 3.05) is 5.73 Å². The van der Waals surface area contributed by atoms with Crippen LogP contribution in [-0.4, -0.2) is 26.3 Å². The third-order valence-electron chi connectivity index (χ3n) is 3.70. The summed E-state index contributed by atoms with van der Waals surface area (Å²) >= 11 is 5.93. The van der Waals surface area contributed by atoms with Crippen LogP contribution in [0.2, 0.25) is 5.22 Å².